The van der Waals surface area contributed by atoms with Crippen molar-refractivity contribution in [2.24, 2.45) is 55.9 Å². The maximum Gasteiger partial charge on any atom is 2.00 e. The van der Waals surface area contributed by atoms with E-state index in [9.17, 15) is 39.0 Å². The number of unbranched alkanes of at least 4 members (excludes halogenated alkanes) is 2. The van der Waals surface area contributed by atoms with Gasteiger partial charge in [0, 0.05) is 13.1 Å². The fourth-order valence-electron chi connectivity index (χ4n) is 4.08. The number of nitrogens with zero attached hydrogens (tertiary/aromatic N) is 2. The van der Waals surface area contributed by atoms with Crippen LogP contribution in [0, 0.1) is 0 Å². The minimum Gasteiger partial charge on any atom is -0.548 e. The molecule has 0 rings (SSSR count). The van der Waals surface area contributed by atoms with Crippen molar-refractivity contribution in [3.63, 3.8) is 0 Å². The molecule has 22 nitrogen and oxygen atoms in total. The molecule has 1 radical (unpaired) electrons. The van der Waals surface area contributed by atoms with Gasteiger partial charge in [-0.1, -0.05) is 0 Å². The molecule has 0 aromatic carbocycles. The Morgan fingerprint density at radius 2 is 0.804 bits per heavy atom. The largest absolute Gasteiger partial charge is 2.00 e. The second kappa shape index (κ2) is 31.7. The number of carbonyl (C=O) groups excluding carboxylic acids is 6. The van der Waals surface area contributed by atoms with Gasteiger partial charge >= 0.3 is 17.1 Å². The molecule has 0 aromatic rings. The average Bonchev–Trinajstić information content (AvgIpc) is 3.06. The molecule has 0 unspecified atom stereocenters. The van der Waals surface area contributed by atoms with Gasteiger partial charge in [-0.2, -0.15) is 0 Å². The van der Waals surface area contributed by atoms with Gasteiger partial charge in [-0.05, 0) is 77.3 Å². The summed E-state index contributed by atoms with van der Waals surface area (Å²) in [5, 5.41) is 31.9. The number of rotatable bonds is 26. The van der Waals surface area contributed by atoms with Crippen LogP contribution >= 0.6 is 0 Å². The molecule has 0 saturated carbocycles. The summed E-state index contributed by atoms with van der Waals surface area (Å²) in [5.41, 5.74) is 42.0. The Hall–Kier alpha value is -4.28. The fourth-order valence-corrected chi connectivity index (χ4v) is 4.08. The van der Waals surface area contributed by atoms with Gasteiger partial charge in [-0.15, -0.1) is 0 Å². The van der Waals surface area contributed by atoms with E-state index in [0.717, 1.165) is 0 Å². The van der Waals surface area contributed by atoms with E-state index in [4.69, 9.17) is 45.9 Å². The van der Waals surface area contributed by atoms with E-state index in [1.807, 2.05) is 0 Å². The number of guanidine groups is 2. The number of nitrogens with two attached hydrogens (primary N) is 8. The van der Waals surface area contributed by atoms with Crippen LogP contribution in [0.1, 0.15) is 64.2 Å². The predicted octanol–water partition coefficient (Wildman–Crippen LogP) is -8.31. The van der Waals surface area contributed by atoms with Gasteiger partial charge in [0.05, 0.1) is 37.1 Å². The third-order valence-corrected chi connectivity index (χ3v) is 6.66. The summed E-state index contributed by atoms with van der Waals surface area (Å²) in [6, 6.07) is -4.20. The smallest absolute Gasteiger partial charge is 0.548 e. The van der Waals surface area contributed by atoms with Gasteiger partial charge < -0.3 is 86.9 Å². The monoisotopic (exact) mass is 779 g/mol. The van der Waals surface area contributed by atoms with Crippen LogP contribution in [0.15, 0.2) is 9.98 Å². The van der Waals surface area contributed by atoms with Crippen molar-refractivity contribution in [2.75, 3.05) is 39.3 Å². The predicted molar refractivity (Wildman–Crippen MR) is 181 cm³/mol. The molecule has 20 N–H and O–H groups in total. The van der Waals surface area contributed by atoms with Gasteiger partial charge in [0.15, 0.2) is 11.9 Å². The minimum absolute atomic E-state index is 0. The molecular formula is C28H56CuN14O8. The van der Waals surface area contributed by atoms with E-state index in [-0.39, 0.29) is 80.9 Å². The average molecular weight is 780 g/mol. The molecule has 4 atom stereocenters. The Kier molecular flexibility index (Phi) is 31.7. The second-order valence-corrected chi connectivity index (χ2v) is 10.9. The van der Waals surface area contributed by atoms with Gasteiger partial charge in [-0.3, -0.25) is 29.2 Å². The molecule has 0 fully saturated rings. The van der Waals surface area contributed by atoms with Crippen molar-refractivity contribution < 1.29 is 56.0 Å². The van der Waals surface area contributed by atoms with Crippen LogP contribution in [0.25, 0.3) is 0 Å². The molecule has 0 aliphatic heterocycles. The van der Waals surface area contributed by atoms with Gasteiger partial charge in [0.1, 0.15) is 12.1 Å². The summed E-state index contributed by atoms with van der Waals surface area (Å²) in [6.07, 6.45) is 3.95. The summed E-state index contributed by atoms with van der Waals surface area (Å²) in [6.45, 7) is 0.799. The van der Waals surface area contributed by atoms with E-state index in [2.05, 4.69) is 31.3 Å². The molecule has 0 bridgehead atoms. The molecule has 0 aromatic heterocycles. The Morgan fingerprint density at radius 3 is 1.06 bits per heavy atom. The maximum absolute atomic E-state index is 12.3. The number of carboxylic acids is 2. The third-order valence-electron chi connectivity index (χ3n) is 6.66. The van der Waals surface area contributed by atoms with Crippen LogP contribution < -0.4 is 77.3 Å². The zero-order chi connectivity index (χ0) is 38.5. The standard InChI is InChI=1S/2C14H29N7O4.Cu/c2*15-6-2-1-4-10(13(24)25)21-12(23)9(20-11(22)8-16)5-3-7-19-14(17)18;/h2*9-10H,1-8,15-16H2,(H,20,22)(H,21,23)(H,24,25)(H4,17,18,19);/q;;+2/p-2/t2*9-,10-;/m00./s1. The number of hydrogen-bond acceptors (Lipinski definition) is 14. The van der Waals surface area contributed by atoms with Crippen LogP contribution in [0.5, 0.6) is 0 Å². The third kappa shape index (κ3) is 28.1. The van der Waals surface area contributed by atoms with E-state index in [1.165, 1.54) is 0 Å². The van der Waals surface area contributed by atoms with Crippen LogP contribution in [0.2, 0.25) is 0 Å². The van der Waals surface area contributed by atoms with Gasteiger partial charge in [-0.25, -0.2) is 0 Å². The summed E-state index contributed by atoms with van der Waals surface area (Å²) in [7, 11) is 0. The fraction of sp³-hybridized carbons (Fsp3) is 0.714. The van der Waals surface area contributed by atoms with Crippen molar-refractivity contribution in [1.29, 1.82) is 0 Å². The summed E-state index contributed by atoms with van der Waals surface area (Å²) in [5.74, 6) is -5.27. The number of aliphatic imine (C=N–C) groups is 2. The second-order valence-electron chi connectivity index (χ2n) is 10.9. The minimum atomic E-state index is -1.39. The number of amides is 4. The molecule has 0 spiro atoms. The molecule has 0 aliphatic rings. The molecule has 4 amide bonds. The van der Waals surface area contributed by atoms with E-state index in [1.54, 1.807) is 0 Å². The van der Waals surface area contributed by atoms with Crippen molar-refractivity contribution in [3.8, 4) is 0 Å². The Labute approximate surface area is 307 Å². The van der Waals surface area contributed by atoms with Crippen LogP contribution in [0.4, 0.5) is 0 Å². The Balaban J connectivity index is -0.000000886. The number of hydrogen-bond donors (Lipinski definition) is 12. The van der Waals surface area contributed by atoms with E-state index < -0.39 is 59.7 Å². The summed E-state index contributed by atoms with van der Waals surface area (Å²) < 4.78 is 0. The first-order valence-corrected chi connectivity index (χ1v) is 16.1. The maximum atomic E-state index is 12.3. The molecule has 51 heavy (non-hydrogen) atoms. The Morgan fingerprint density at radius 1 is 0.490 bits per heavy atom. The number of aliphatic carboxylic acids is 2. The van der Waals surface area contributed by atoms with Gasteiger partial charge in [0.25, 0.3) is 0 Å². The van der Waals surface area contributed by atoms with Crippen molar-refractivity contribution in [3.05, 3.63) is 0 Å². The molecule has 0 heterocycles. The molecule has 0 aliphatic carbocycles. The van der Waals surface area contributed by atoms with E-state index in [0.29, 0.717) is 51.6 Å². The SMILES string of the molecule is NCCCC[C@H](NC(=O)[C@H](CCCN=C(N)N)NC(=O)CN)C(=O)[O-].NCCCC[C@H](NC(=O)[C@H](CCCN=C(N)N)NC(=O)CN)C(=O)[O-].[Cu+2]. The first-order valence-electron chi connectivity index (χ1n) is 16.1. The van der Waals surface area contributed by atoms with Crippen LogP contribution in [0.3, 0.4) is 0 Å². The van der Waals surface area contributed by atoms with Crippen molar-refractivity contribution in [1.82, 2.24) is 21.3 Å². The number of nitrogens with one attached hydrogen (secondary N) is 4. The molecule has 297 valence electrons. The van der Waals surface area contributed by atoms with Crippen LogP contribution in [-0.2, 0) is 45.8 Å². The van der Waals surface area contributed by atoms with Crippen molar-refractivity contribution in [2.45, 2.75) is 88.4 Å². The van der Waals surface area contributed by atoms with Crippen LogP contribution in [-0.4, -0.2) is 111 Å². The zero-order valence-electron chi connectivity index (χ0n) is 28.7. The zero-order valence-corrected chi connectivity index (χ0v) is 29.6. The normalized spacial score (nSPS) is 12.5. The number of carboxylic acid groups (broad SMARTS) is 2. The molecule has 23 heteroatoms. The quantitative estimate of drug-likeness (QED) is 0.0168. The van der Waals surface area contributed by atoms with Crippen molar-refractivity contribution >= 4 is 47.5 Å². The molecular weight excluding hydrogens is 724 g/mol. The van der Waals surface area contributed by atoms with E-state index >= 15 is 0 Å². The molecule has 0 saturated heterocycles. The topological polar surface area (TPSA) is 430 Å². The summed E-state index contributed by atoms with van der Waals surface area (Å²) in [4.78, 5) is 77.4. The first kappa shape index (κ1) is 51.1. The first-order chi connectivity index (χ1) is 23.6. The van der Waals surface area contributed by atoms with Gasteiger partial charge in [0.2, 0.25) is 23.6 Å². The summed E-state index contributed by atoms with van der Waals surface area (Å²) >= 11 is 0. The Bertz CT molecular complexity index is 1020. The number of carbonyl (C=O) groups is 6.